The van der Waals surface area contributed by atoms with Crippen molar-refractivity contribution in [2.45, 2.75) is 43.5 Å². The molecule has 0 bridgehead atoms. The van der Waals surface area contributed by atoms with E-state index in [1.165, 1.54) is 12.8 Å². The van der Waals surface area contributed by atoms with Crippen LogP contribution in [0.15, 0.2) is 30.5 Å². The van der Waals surface area contributed by atoms with E-state index in [2.05, 4.69) is 9.88 Å². The second-order valence-electron chi connectivity index (χ2n) is 8.74. The number of ether oxygens (including phenoxy) is 1. The fourth-order valence-corrected chi connectivity index (χ4v) is 5.74. The molecule has 1 aliphatic carbocycles. The van der Waals surface area contributed by atoms with Gasteiger partial charge in [0.2, 0.25) is 0 Å². The summed E-state index contributed by atoms with van der Waals surface area (Å²) >= 11 is 2.03. The summed E-state index contributed by atoms with van der Waals surface area (Å²) in [4.78, 5) is 18.6. The number of fused-ring (bicyclic) bond motifs is 1. The van der Waals surface area contributed by atoms with E-state index in [-0.39, 0.29) is 11.8 Å². The Kier molecular flexibility index (Phi) is 7.35. The Morgan fingerprint density at radius 1 is 1.32 bits per heavy atom. The number of aliphatic hydroxyl groups is 1. The van der Waals surface area contributed by atoms with E-state index in [4.69, 9.17) is 4.74 Å². The second kappa shape index (κ2) is 10.2. The molecule has 1 aromatic heterocycles. The fraction of sp³-hybridized carbons (Fsp3) is 0.583. The van der Waals surface area contributed by atoms with Gasteiger partial charge in [-0.15, -0.1) is 0 Å². The summed E-state index contributed by atoms with van der Waals surface area (Å²) in [6.45, 7) is 2.55. The number of carbonyl (C=O) groups is 1. The normalized spacial score (nSPS) is 23.0. The maximum atomic E-state index is 11.9. The number of thioether (sulfide) groups is 1. The van der Waals surface area contributed by atoms with Crippen LogP contribution in [-0.2, 0) is 4.79 Å². The molecule has 0 radical (unpaired) electrons. The van der Waals surface area contributed by atoms with Crippen molar-refractivity contribution >= 4 is 28.6 Å². The molecule has 2 aromatic rings. The molecule has 1 saturated heterocycles. The average Bonchev–Trinajstić information content (AvgIpc) is 3.61. The van der Waals surface area contributed by atoms with Crippen molar-refractivity contribution in [1.82, 2.24) is 9.88 Å². The van der Waals surface area contributed by atoms with Gasteiger partial charge in [0.15, 0.2) is 0 Å². The van der Waals surface area contributed by atoms with Gasteiger partial charge in [0.25, 0.3) is 0 Å². The number of hydrogen-bond donors (Lipinski definition) is 2. The number of benzene rings is 1. The Bertz CT molecular complexity index is 904. The van der Waals surface area contributed by atoms with Crippen LogP contribution < -0.4 is 4.74 Å². The summed E-state index contributed by atoms with van der Waals surface area (Å²) < 4.78 is 5.33. The van der Waals surface area contributed by atoms with Gasteiger partial charge in [0, 0.05) is 35.7 Å². The summed E-state index contributed by atoms with van der Waals surface area (Å²) in [5, 5.41) is 22.5. The molecule has 168 valence electrons. The summed E-state index contributed by atoms with van der Waals surface area (Å²) in [5.41, 5.74) is 1.64. The number of carboxylic acid groups (broad SMARTS) is 1. The topological polar surface area (TPSA) is 82.9 Å². The highest BCUT2D eigenvalue weighted by atomic mass is 32.2. The van der Waals surface area contributed by atoms with Gasteiger partial charge in [0.1, 0.15) is 5.75 Å². The van der Waals surface area contributed by atoms with E-state index in [0.29, 0.717) is 19.4 Å². The van der Waals surface area contributed by atoms with Gasteiger partial charge in [-0.05, 0) is 74.4 Å². The molecule has 4 rings (SSSR count). The molecule has 2 heterocycles. The lowest BCUT2D eigenvalue weighted by atomic mass is 9.81. The van der Waals surface area contributed by atoms with E-state index < -0.39 is 12.1 Å². The minimum atomic E-state index is -0.710. The maximum Gasteiger partial charge on any atom is 0.308 e. The predicted octanol–water partition coefficient (Wildman–Crippen LogP) is 3.98. The number of pyridine rings is 1. The number of methoxy groups -OCH3 is 1. The SMILES string of the molecule is COc1ccc2nccc(C(O)CC[C@@H]3CCN(CCSC4CC4)C[C@@H]3C(=O)O)c2c1. The lowest BCUT2D eigenvalue weighted by molar-refractivity contribution is -0.146. The molecule has 1 unspecified atom stereocenters. The van der Waals surface area contributed by atoms with Gasteiger partial charge >= 0.3 is 5.97 Å². The number of likely N-dealkylation sites (tertiary alicyclic amines) is 1. The van der Waals surface area contributed by atoms with E-state index in [9.17, 15) is 15.0 Å². The summed E-state index contributed by atoms with van der Waals surface area (Å²) in [7, 11) is 1.62. The molecule has 2 N–H and O–H groups in total. The summed E-state index contributed by atoms with van der Waals surface area (Å²) in [6.07, 6.45) is 5.87. The van der Waals surface area contributed by atoms with Crippen LogP contribution in [0.4, 0.5) is 0 Å². The Balaban J connectivity index is 1.36. The van der Waals surface area contributed by atoms with Gasteiger partial charge in [-0.3, -0.25) is 9.78 Å². The first-order valence-electron chi connectivity index (χ1n) is 11.2. The minimum absolute atomic E-state index is 0.0992. The molecule has 2 fully saturated rings. The average molecular weight is 445 g/mol. The van der Waals surface area contributed by atoms with Crippen LogP contribution >= 0.6 is 11.8 Å². The smallest absolute Gasteiger partial charge is 0.308 e. The molecule has 31 heavy (non-hydrogen) atoms. The third-order valence-electron chi connectivity index (χ3n) is 6.60. The molecule has 1 aliphatic heterocycles. The Labute approximate surface area is 188 Å². The Hall–Kier alpha value is -1.83. The standard InChI is InChI=1S/C24H32N2O4S/c1-30-17-3-6-22-20(14-17)19(8-10-25-22)23(27)7-2-16-9-11-26(15-21(16)24(28)29)12-13-31-18-4-5-18/h3,6,8,10,14,16,18,21,23,27H,2,4-5,7,9,11-13,15H2,1H3,(H,28,29)/t16-,21+,23?/m1/s1. The first-order chi connectivity index (χ1) is 15.0. The van der Waals surface area contributed by atoms with Crippen LogP contribution in [0, 0.1) is 11.8 Å². The molecule has 1 saturated carbocycles. The number of aromatic nitrogens is 1. The first kappa shape index (κ1) is 22.4. The van der Waals surface area contributed by atoms with Gasteiger partial charge in [-0.25, -0.2) is 0 Å². The van der Waals surface area contributed by atoms with Crippen molar-refractivity contribution in [3.05, 3.63) is 36.0 Å². The fourth-order valence-electron chi connectivity index (χ4n) is 4.57. The van der Waals surface area contributed by atoms with Crippen LogP contribution in [-0.4, -0.2) is 63.8 Å². The molecule has 2 aliphatic rings. The van der Waals surface area contributed by atoms with Crippen molar-refractivity contribution in [1.29, 1.82) is 0 Å². The van der Waals surface area contributed by atoms with Crippen molar-refractivity contribution in [3.63, 3.8) is 0 Å². The van der Waals surface area contributed by atoms with E-state index >= 15 is 0 Å². The maximum absolute atomic E-state index is 11.9. The summed E-state index contributed by atoms with van der Waals surface area (Å²) in [6, 6.07) is 7.50. The third-order valence-corrected chi connectivity index (χ3v) is 7.96. The van der Waals surface area contributed by atoms with Crippen LogP contribution in [0.2, 0.25) is 0 Å². The van der Waals surface area contributed by atoms with Gasteiger partial charge < -0.3 is 19.8 Å². The number of rotatable bonds is 10. The molecular weight excluding hydrogens is 412 g/mol. The van der Waals surface area contributed by atoms with Crippen LogP contribution in [0.3, 0.4) is 0 Å². The zero-order valence-corrected chi connectivity index (χ0v) is 18.9. The van der Waals surface area contributed by atoms with Gasteiger partial charge in [-0.2, -0.15) is 11.8 Å². The Morgan fingerprint density at radius 3 is 2.90 bits per heavy atom. The monoisotopic (exact) mass is 444 g/mol. The second-order valence-corrected chi connectivity index (χ2v) is 10.1. The van der Waals surface area contributed by atoms with Crippen molar-refractivity contribution in [2.75, 3.05) is 32.5 Å². The van der Waals surface area contributed by atoms with Crippen LogP contribution in [0.5, 0.6) is 5.75 Å². The quantitative estimate of drug-likeness (QED) is 0.574. The molecule has 6 nitrogen and oxygen atoms in total. The van der Waals surface area contributed by atoms with Gasteiger partial charge in [-0.1, -0.05) is 0 Å². The van der Waals surface area contributed by atoms with Crippen molar-refractivity contribution in [3.8, 4) is 5.75 Å². The minimum Gasteiger partial charge on any atom is -0.497 e. The number of aliphatic carboxylic acids is 1. The zero-order chi connectivity index (χ0) is 21.8. The molecular formula is C24H32N2O4S. The van der Waals surface area contributed by atoms with Crippen LogP contribution in [0.25, 0.3) is 10.9 Å². The molecule has 0 amide bonds. The van der Waals surface area contributed by atoms with Crippen molar-refractivity contribution in [2.24, 2.45) is 11.8 Å². The van der Waals surface area contributed by atoms with E-state index in [1.54, 1.807) is 13.3 Å². The van der Waals surface area contributed by atoms with Crippen LogP contribution in [0.1, 0.15) is 43.8 Å². The van der Waals surface area contributed by atoms with E-state index in [0.717, 1.165) is 52.7 Å². The number of hydrogen-bond acceptors (Lipinski definition) is 6. The number of aliphatic hydroxyl groups excluding tert-OH is 1. The number of piperidine rings is 1. The zero-order valence-electron chi connectivity index (χ0n) is 18.1. The van der Waals surface area contributed by atoms with Gasteiger partial charge in [0.05, 0.1) is 24.6 Å². The Morgan fingerprint density at radius 2 is 2.16 bits per heavy atom. The third kappa shape index (κ3) is 5.70. The highest BCUT2D eigenvalue weighted by molar-refractivity contribution is 8.00. The predicted molar refractivity (Wildman–Crippen MR) is 124 cm³/mol. The highest BCUT2D eigenvalue weighted by Crippen LogP contribution is 2.35. The van der Waals surface area contributed by atoms with E-state index in [1.807, 2.05) is 36.0 Å². The largest absolute Gasteiger partial charge is 0.497 e. The lowest BCUT2D eigenvalue weighted by Crippen LogP contribution is -2.44. The number of nitrogens with zero attached hydrogens (tertiary/aromatic N) is 2. The lowest BCUT2D eigenvalue weighted by Gasteiger charge is -2.37. The highest BCUT2D eigenvalue weighted by Gasteiger charge is 2.34. The molecule has 1 aromatic carbocycles. The first-order valence-corrected chi connectivity index (χ1v) is 12.3. The molecule has 0 spiro atoms. The number of carboxylic acids is 1. The molecule has 7 heteroatoms. The summed E-state index contributed by atoms with van der Waals surface area (Å²) in [5.74, 6) is 0.854. The molecule has 3 atom stereocenters. The van der Waals surface area contributed by atoms with Crippen molar-refractivity contribution < 1.29 is 19.7 Å².